The lowest BCUT2D eigenvalue weighted by Crippen LogP contribution is -2.18. The molecule has 2 aromatic carbocycles. The lowest BCUT2D eigenvalue weighted by atomic mass is 10.2. The van der Waals surface area contributed by atoms with Gasteiger partial charge >= 0.3 is 0 Å². The summed E-state index contributed by atoms with van der Waals surface area (Å²) in [6, 6.07) is 20.1. The number of hydrogen-bond donors (Lipinski definition) is 1. The van der Waals surface area contributed by atoms with Crippen molar-refractivity contribution in [3.63, 3.8) is 0 Å². The maximum Gasteiger partial charge on any atom is 0.142 e. The van der Waals surface area contributed by atoms with Crippen LogP contribution >= 0.6 is 0 Å². The summed E-state index contributed by atoms with van der Waals surface area (Å²) < 4.78 is 5.69. The quantitative estimate of drug-likeness (QED) is 0.645. The minimum Gasteiger partial charge on any atom is -0.492 e. The Morgan fingerprint density at radius 1 is 0.962 bits per heavy atom. The van der Waals surface area contributed by atoms with Crippen LogP contribution in [0.5, 0.6) is 5.75 Å². The number of benzene rings is 2. The molecule has 1 aromatic heterocycles. The van der Waals surface area contributed by atoms with Gasteiger partial charge in [0.25, 0.3) is 0 Å². The number of rotatable bonds is 7. The van der Waals surface area contributed by atoms with E-state index in [1.807, 2.05) is 62.4 Å². The van der Waals surface area contributed by atoms with Crippen LogP contribution in [0.4, 0.5) is 23.0 Å². The zero-order chi connectivity index (χ0) is 18.4. The molecule has 0 aliphatic carbocycles. The van der Waals surface area contributed by atoms with E-state index in [9.17, 15) is 0 Å². The zero-order valence-corrected chi connectivity index (χ0v) is 15.4. The van der Waals surface area contributed by atoms with Gasteiger partial charge in [0, 0.05) is 18.3 Å². The third kappa shape index (κ3) is 4.11. The normalized spacial score (nSPS) is 10.4. The molecule has 0 aliphatic heterocycles. The first-order valence-corrected chi connectivity index (χ1v) is 8.88. The van der Waals surface area contributed by atoms with Gasteiger partial charge in [-0.15, -0.1) is 0 Å². The van der Waals surface area contributed by atoms with Crippen LogP contribution < -0.4 is 15.0 Å². The van der Waals surface area contributed by atoms with Crippen molar-refractivity contribution < 1.29 is 4.74 Å². The predicted octanol–water partition coefficient (Wildman–Crippen LogP) is 5.09. The second kappa shape index (κ2) is 8.34. The molecule has 5 heteroatoms. The van der Waals surface area contributed by atoms with Crippen LogP contribution in [-0.4, -0.2) is 23.1 Å². The van der Waals surface area contributed by atoms with Gasteiger partial charge in [0.05, 0.1) is 12.3 Å². The van der Waals surface area contributed by atoms with E-state index in [1.165, 1.54) is 0 Å². The third-order valence-electron chi connectivity index (χ3n) is 3.93. The van der Waals surface area contributed by atoms with E-state index in [2.05, 4.69) is 39.2 Å². The van der Waals surface area contributed by atoms with Gasteiger partial charge in [-0.25, -0.2) is 9.97 Å². The van der Waals surface area contributed by atoms with Crippen molar-refractivity contribution in [3.05, 3.63) is 66.5 Å². The van der Waals surface area contributed by atoms with Crippen LogP contribution in [0.1, 0.15) is 19.7 Å². The number of aromatic nitrogens is 2. The molecule has 5 nitrogen and oxygen atoms in total. The highest BCUT2D eigenvalue weighted by molar-refractivity contribution is 5.68. The molecule has 0 radical (unpaired) electrons. The molecular weight excluding hydrogens is 324 g/mol. The molecule has 0 saturated heterocycles. The maximum atomic E-state index is 5.69. The standard InChI is InChI=1S/C21H24N4O/c1-4-25(17-11-7-6-8-12-17)21-15-20(22-16(3)23-21)24-18-13-9-10-14-19(18)26-5-2/h6-15H,4-5H2,1-3H3,(H,22,23,24). The smallest absolute Gasteiger partial charge is 0.142 e. The van der Waals surface area contributed by atoms with Crippen molar-refractivity contribution in [1.82, 2.24) is 9.97 Å². The molecule has 0 bridgehead atoms. The fourth-order valence-electron chi connectivity index (χ4n) is 2.83. The molecule has 134 valence electrons. The van der Waals surface area contributed by atoms with Crippen LogP contribution in [0.25, 0.3) is 0 Å². The molecular formula is C21H24N4O. The summed E-state index contributed by atoms with van der Waals surface area (Å²) in [4.78, 5) is 11.3. The highest BCUT2D eigenvalue weighted by atomic mass is 16.5. The highest BCUT2D eigenvalue weighted by Gasteiger charge is 2.12. The molecule has 26 heavy (non-hydrogen) atoms. The van der Waals surface area contributed by atoms with E-state index in [4.69, 9.17) is 4.74 Å². The Morgan fingerprint density at radius 3 is 2.42 bits per heavy atom. The SMILES string of the molecule is CCOc1ccccc1Nc1cc(N(CC)c2ccccc2)nc(C)n1. The highest BCUT2D eigenvalue weighted by Crippen LogP contribution is 2.29. The third-order valence-corrected chi connectivity index (χ3v) is 3.93. The Balaban J connectivity index is 1.93. The minimum absolute atomic E-state index is 0.615. The van der Waals surface area contributed by atoms with Gasteiger partial charge in [-0.05, 0) is 45.0 Å². The average Bonchev–Trinajstić information content (AvgIpc) is 2.65. The Labute approximate surface area is 154 Å². The summed E-state index contributed by atoms with van der Waals surface area (Å²) in [6.45, 7) is 7.42. The Hall–Kier alpha value is -3.08. The molecule has 1 heterocycles. The monoisotopic (exact) mass is 348 g/mol. The second-order valence-corrected chi connectivity index (χ2v) is 5.79. The Kier molecular flexibility index (Phi) is 5.69. The van der Waals surface area contributed by atoms with Crippen molar-refractivity contribution in [1.29, 1.82) is 0 Å². The predicted molar refractivity (Wildman–Crippen MR) is 107 cm³/mol. The van der Waals surface area contributed by atoms with E-state index >= 15 is 0 Å². The maximum absolute atomic E-state index is 5.69. The fourth-order valence-corrected chi connectivity index (χ4v) is 2.83. The van der Waals surface area contributed by atoms with E-state index in [0.717, 1.165) is 35.3 Å². The van der Waals surface area contributed by atoms with Crippen LogP contribution in [0.15, 0.2) is 60.7 Å². The largest absolute Gasteiger partial charge is 0.492 e. The van der Waals surface area contributed by atoms with Gasteiger partial charge in [0.2, 0.25) is 0 Å². The van der Waals surface area contributed by atoms with Gasteiger partial charge in [0.15, 0.2) is 0 Å². The van der Waals surface area contributed by atoms with Crippen molar-refractivity contribution in [2.45, 2.75) is 20.8 Å². The molecule has 1 N–H and O–H groups in total. The summed E-state index contributed by atoms with van der Waals surface area (Å²) in [7, 11) is 0. The number of nitrogens with zero attached hydrogens (tertiary/aromatic N) is 3. The van der Waals surface area contributed by atoms with Crippen molar-refractivity contribution in [2.75, 3.05) is 23.4 Å². The van der Waals surface area contributed by atoms with Gasteiger partial charge in [-0.2, -0.15) is 0 Å². The molecule has 0 saturated carbocycles. The first-order valence-electron chi connectivity index (χ1n) is 8.88. The lowest BCUT2D eigenvalue weighted by Gasteiger charge is -2.23. The van der Waals surface area contributed by atoms with Crippen LogP contribution in [-0.2, 0) is 0 Å². The van der Waals surface area contributed by atoms with E-state index in [1.54, 1.807) is 0 Å². The second-order valence-electron chi connectivity index (χ2n) is 5.79. The van der Waals surface area contributed by atoms with E-state index < -0.39 is 0 Å². The lowest BCUT2D eigenvalue weighted by molar-refractivity contribution is 0.342. The number of ether oxygens (including phenoxy) is 1. The number of hydrogen-bond acceptors (Lipinski definition) is 5. The molecule has 0 unspecified atom stereocenters. The van der Waals surface area contributed by atoms with Gasteiger partial charge in [-0.3, -0.25) is 0 Å². The van der Waals surface area contributed by atoms with Crippen LogP contribution in [0.3, 0.4) is 0 Å². The van der Waals surface area contributed by atoms with Crippen LogP contribution in [0.2, 0.25) is 0 Å². The van der Waals surface area contributed by atoms with Crippen molar-refractivity contribution >= 4 is 23.0 Å². The summed E-state index contributed by atoms with van der Waals surface area (Å²) in [5.74, 6) is 3.13. The Bertz CT molecular complexity index is 852. The van der Waals surface area contributed by atoms with Gasteiger partial charge in [0.1, 0.15) is 23.2 Å². The molecule has 0 fully saturated rings. The molecule has 0 amide bonds. The van der Waals surface area contributed by atoms with Crippen molar-refractivity contribution in [2.24, 2.45) is 0 Å². The number of anilines is 4. The number of aryl methyl sites for hydroxylation is 1. The molecule has 3 aromatic rings. The Morgan fingerprint density at radius 2 is 1.69 bits per heavy atom. The first kappa shape index (κ1) is 17.7. The van der Waals surface area contributed by atoms with Crippen LogP contribution in [0, 0.1) is 6.92 Å². The molecule has 0 spiro atoms. The molecule has 0 atom stereocenters. The van der Waals surface area contributed by atoms with E-state index in [-0.39, 0.29) is 0 Å². The number of para-hydroxylation sites is 3. The zero-order valence-electron chi connectivity index (χ0n) is 15.4. The van der Waals surface area contributed by atoms with Gasteiger partial charge in [-0.1, -0.05) is 30.3 Å². The minimum atomic E-state index is 0.615. The number of nitrogens with one attached hydrogen (secondary N) is 1. The average molecular weight is 348 g/mol. The summed E-state index contributed by atoms with van der Waals surface area (Å²) in [5.41, 5.74) is 2.00. The molecule has 0 aliphatic rings. The van der Waals surface area contributed by atoms with Gasteiger partial charge < -0.3 is 15.0 Å². The topological polar surface area (TPSA) is 50.3 Å². The molecule has 3 rings (SSSR count). The fraction of sp³-hybridized carbons (Fsp3) is 0.238. The van der Waals surface area contributed by atoms with E-state index in [0.29, 0.717) is 12.4 Å². The first-order chi connectivity index (χ1) is 12.7. The van der Waals surface area contributed by atoms with Crippen molar-refractivity contribution in [3.8, 4) is 5.75 Å². The summed E-state index contributed by atoms with van der Waals surface area (Å²) >= 11 is 0. The summed E-state index contributed by atoms with van der Waals surface area (Å²) in [5, 5.41) is 3.37. The summed E-state index contributed by atoms with van der Waals surface area (Å²) in [6.07, 6.45) is 0.